The molecule has 0 bridgehead atoms. The Hall–Kier alpha value is -3.72. The summed E-state index contributed by atoms with van der Waals surface area (Å²) in [6.07, 6.45) is 1.26. The number of hydrogen-bond acceptors (Lipinski definition) is 3. The first-order chi connectivity index (χ1) is 16.4. The molecule has 0 spiro atoms. The molecule has 0 fully saturated rings. The zero-order valence-corrected chi connectivity index (χ0v) is 19.8. The van der Waals surface area contributed by atoms with Crippen LogP contribution in [0.25, 0.3) is 5.70 Å². The van der Waals surface area contributed by atoms with Crippen LogP contribution in [0.4, 0.5) is 5.69 Å². The molecular weight excluding hydrogens is 418 g/mol. The van der Waals surface area contributed by atoms with Crippen LogP contribution in [0.1, 0.15) is 59.7 Å². The fourth-order valence-electron chi connectivity index (χ4n) is 5.96. The van der Waals surface area contributed by atoms with Crippen LogP contribution in [0.2, 0.25) is 0 Å². The Balaban J connectivity index is 1.72. The van der Waals surface area contributed by atoms with Crippen molar-refractivity contribution in [2.75, 3.05) is 4.90 Å². The highest BCUT2D eigenvalue weighted by Gasteiger charge is 2.49. The van der Waals surface area contributed by atoms with Gasteiger partial charge in [0.25, 0.3) is 0 Å². The maximum Gasteiger partial charge on any atom is 0.192 e. The predicted molar refractivity (Wildman–Crippen MR) is 136 cm³/mol. The van der Waals surface area contributed by atoms with Gasteiger partial charge < -0.3 is 4.90 Å². The SMILES string of the molecule is Cc1ccccc1N1C2=C(C(=O)CC(C)(C)C2)[C@H](c2ccccc2)C2=C1c1ccccc1C2=O. The molecule has 0 saturated carbocycles. The molecule has 3 aromatic carbocycles. The summed E-state index contributed by atoms with van der Waals surface area (Å²) in [5, 5.41) is 0. The van der Waals surface area contributed by atoms with Crippen molar-refractivity contribution in [1.29, 1.82) is 0 Å². The van der Waals surface area contributed by atoms with Crippen LogP contribution in [0.15, 0.2) is 95.7 Å². The summed E-state index contributed by atoms with van der Waals surface area (Å²) in [5.41, 5.74) is 8.15. The summed E-state index contributed by atoms with van der Waals surface area (Å²) in [7, 11) is 0. The summed E-state index contributed by atoms with van der Waals surface area (Å²) < 4.78 is 0. The van der Waals surface area contributed by atoms with Crippen LogP contribution in [0.5, 0.6) is 0 Å². The van der Waals surface area contributed by atoms with Crippen molar-refractivity contribution in [1.82, 2.24) is 0 Å². The van der Waals surface area contributed by atoms with Crippen molar-refractivity contribution in [2.24, 2.45) is 5.41 Å². The lowest BCUT2D eigenvalue weighted by atomic mass is 9.68. The zero-order valence-electron chi connectivity index (χ0n) is 19.8. The highest BCUT2D eigenvalue weighted by atomic mass is 16.1. The molecule has 1 atom stereocenters. The molecule has 3 nitrogen and oxygen atoms in total. The van der Waals surface area contributed by atoms with Gasteiger partial charge in [0.15, 0.2) is 11.6 Å². The number of carbonyl (C=O) groups excluding carboxylic acids is 2. The van der Waals surface area contributed by atoms with Gasteiger partial charge >= 0.3 is 0 Å². The van der Waals surface area contributed by atoms with E-state index in [0.29, 0.717) is 6.42 Å². The number of aryl methyl sites for hydroxylation is 1. The number of nitrogens with zero attached hydrogens (tertiary/aromatic N) is 1. The Morgan fingerprint density at radius 2 is 1.41 bits per heavy atom. The number of allylic oxidation sites excluding steroid dienone is 3. The molecule has 168 valence electrons. The van der Waals surface area contributed by atoms with Crippen molar-refractivity contribution in [3.63, 3.8) is 0 Å². The first-order valence-electron chi connectivity index (χ1n) is 11.9. The van der Waals surface area contributed by atoms with Crippen LogP contribution >= 0.6 is 0 Å². The van der Waals surface area contributed by atoms with Crippen LogP contribution in [0.3, 0.4) is 0 Å². The molecule has 3 heteroatoms. The lowest BCUT2D eigenvalue weighted by Gasteiger charge is -2.45. The smallest absolute Gasteiger partial charge is 0.192 e. The Bertz CT molecular complexity index is 1420. The Morgan fingerprint density at radius 1 is 0.765 bits per heavy atom. The van der Waals surface area contributed by atoms with Gasteiger partial charge in [-0.3, -0.25) is 9.59 Å². The molecule has 3 aliphatic rings. The number of hydrogen-bond donors (Lipinski definition) is 0. The molecule has 6 rings (SSSR count). The van der Waals surface area contributed by atoms with E-state index in [9.17, 15) is 9.59 Å². The largest absolute Gasteiger partial charge is 0.312 e. The number of carbonyl (C=O) groups is 2. The molecule has 0 aromatic heterocycles. The summed E-state index contributed by atoms with van der Waals surface area (Å²) in [6, 6.07) is 26.2. The molecule has 1 aliphatic heterocycles. The van der Waals surface area contributed by atoms with Crippen molar-refractivity contribution in [2.45, 2.75) is 39.5 Å². The monoisotopic (exact) mass is 445 g/mol. The summed E-state index contributed by atoms with van der Waals surface area (Å²) in [6.45, 7) is 6.43. The van der Waals surface area contributed by atoms with E-state index in [1.807, 2.05) is 66.7 Å². The van der Waals surface area contributed by atoms with E-state index >= 15 is 0 Å². The zero-order chi connectivity index (χ0) is 23.6. The number of anilines is 1. The van der Waals surface area contributed by atoms with Crippen molar-refractivity contribution < 1.29 is 9.59 Å². The standard InChI is InChI=1S/C31H27NO2/c1-19-11-7-10-16-23(19)32-24-17-31(2,3)18-25(33)27(24)26(20-12-5-4-6-13-20)28-29(32)21-14-8-9-15-22(21)30(28)34/h4-16,26H,17-18H2,1-3H3/t26-/m0/s1. The Kier molecular flexibility index (Phi) is 4.54. The minimum Gasteiger partial charge on any atom is -0.312 e. The number of rotatable bonds is 2. The van der Waals surface area contributed by atoms with Gasteiger partial charge in [0, 0.05) is 46.0 Å². The maximum atomic E-state index is 14.0. The molecule has 0 unspecified atom stereocenters. The fourth-order valence-corrected chi connectivity index (χ4v) is 5.96. The predicted octanol–water partition coefficient (Wildman–Crippen LogP) is 6.85. The van der Waals surface area contributed by atoms with E-state index in [1.165, 1.54) is 0 Å². The number of Topliss-reactive ketones (excluding diaryl/α,β-unsaturated/α-hetero) is 2. The van der Waals surface area contributed by atoms with Gasteiger partial charge in [0.1, 0.15) is 0 Å². The normalized spacial score (nSPS) is 20.9. The van der Waals surface area contributed by atoms with E-state index in [0.717, 1.165) is 56.9 Å². The van der Waals surface area contributed by atoms with Gasteiger partial charge in [-0.1, -0.05) is 86.6 Å². The summed E-state index contributed by atoms with van der Waals surface area (Å²) in [4.78, 5) is 30.0. The van der Waals surface area contributed by atoms with E-state index < -0.39 is 0 Å². The number of fused-ring (bicyclic) bond motifs is 2. The lowest BCUT2D eigenvalue weighted by Crippen LogP contribution is -2.39. The Labute approximate surface area is 200 Å². The van der Waals surface area contributed by atoms with Gasteiger partial charge in [-0.05, 0) is 36.0 Å². The van der Waals surface area contributed by atoms with E-state index in [1.54, 1.807) is 0 Å². The third kappa shape index (κ3) is 2.96. The van der Waals surface area contributed by atoms with Gasteiger partial charge in [-0.25, -0.2) is 0 Å². The number of ketones is 2. The molecule has 34 heavy (non-hydrogen) atoms. The molecule has 0 radical (unpaired) electrons. The van der Waals surface area contributed by atoms with Crippen molar-refractivity contribution in [3.8, 4) is 0 Å². The minimum absolute atomic E-state index is 0.0298. The quantitative estimate of drug-likeness (QED) is 0.433. The number of para-hydroxylation sites is 1. The molecule has 0 amide bonds. The minimum atomic E-state index is -0.352. The molecule has 1 heterocycles. The average molecular weight is 446 g/mol. The second kappa shape index (κ2) is 7.39. The van der Waals surface area contributed by atoms with E-state index in [4.69, 9.17) is 0 Å². The third-order valence-corrected chi connectivity index (χ3v) is 7.38. The number of benzene rings is 3. The molecule has 3 aromatic rings. The van der Waals surface area contributed by atoms with Crippen LogP contribution in [0, 0.1) is 12.3 Å². The molecular formula is C31H27NO2. The van der Waals surface area contributed by atoms with Gasteiger partial charge in [0.2, 0.25) is 0 Å². The highest BCUT2D eigenvalue weighted by Crippen LogP contribution is 2.56. The molecule has 0 N–H and O–H groups in total. The first kappa shape index (κ1) is 20.9. The van der Waals surface area contributed by atoms with E-state index in [2.05, 4.69) is 37.8 Å². The fraction of sp³-hybridized carbons (Fsp3) is 0.226. The van der Waals surface area contributed by atoms with Crippen LogP contribution < -0.4 is 4.90 Å². The van der Waals surface area contributed by atoms with Gasteiger partial charge in [0.05, 0.1) is 5.70 Å². The molecule has 0 saturated heterocycles. The van der Waals surface area contributed by atoms with Crippen molar-refractivity contribution >= 4 is 23.0 Å². The Morgan fingerprint density at radius 3 is 2.15 bits per heavy atom. The third-order valence-electron chi connectivity index (χ3n) is 7.38. The highest BCUT2D eigenvalue weighted by molar-refractivity contribution is 6.25. The van der Waals surface area contributed by atoms with Crippen molar-refractivity contribution in [3.05, 3.63) is 118 Å². The summed E-state index contributed by atoms with van der Waals surface area (Å²) in [5.74, 6) is -0.175. The summed E-state index contributed by atoms with van der Waals surface area (Å²) >= 11 is 0. The lowest BCUT2D eigenvalue weighted by molar-refractivity contribution is -0.118. The average Bonchev–Trinajstić information content (AvgIpc) is 3.11. The second-order valence-electron chi connectivity index (χ2n) is 10.4. The van der Waals surface area contributed by atoms with Crippen LogP contribution in [-0.4, -0.2) is 11.6 Å². The van der Waals surface area contributed by atoms with Gasteiger partial charge in [-0.15, -0.1) is 0 Å². The first-order valence-corrected chi connectivity index (χ1v) is 11.9. The van der Waals surface area contributed by atoms with E-state index in [-0.39, 0.29) is 22.9 Å². The molecule has 2 aliphatic carbocycles. The topological polar surface area (TPSA) is 37.4 Å². The maximum absolute atomic E-state index is 14.0. The van der Waals surface area contributed by atoms with Crippen LogP contribution in [-0.2, 0) is 4.79 Å². The second-order valence-corrected chi connectivity index (χ2v) is 10.4. The van der Waals surface area contributed by atoms with Gasteiger partial charge in [-0.2, -0.15) is 0 Å².